The molecule has 0 aliphatic heterocycles. The molecule has 5 heteroatoms. The van der Waals surface area contributed by atoms with Crippen molar-refractivity contribution in [3.8, 4) is 0 Å². The molecule has 0 aliphatic rings. The van der Waals surface area contributed by atoms with Gasteiger partial charge in [-0.3, -0.25) is 0 Å². The largest absolute Gasteiger partial charge is 0.328 e. The highest BCUT2D eigenvalue weighted by Crippen LogP contribution is 2.25. The zero-order valence-electron chi connectivity index (χ0n) is 10.1. The fourth-order valence-electron chi connectivity index (χ4n) is 1.99. The second-order valence-corrected chi connectivity index (χ2v) is 4.49. The van der Waals surface area contributed by atoms with Gasteiger partial charge in [0, 0.05) is 17.1 Å². The van der Waals surface area contributed by atoms with Gasteiger partial charge in [0.05, 0.1) is 0 Å². The second-order valence-electron chi connectivity index (χ2n) is 4.49. The molecule has 2 aromatic rings. The summed E-state index contributed by atoms with van der Waals surface area (Å²) in [6.45, 7) is 3.46. The topological polar surface area (TPSA) is 38.9 Å². The Bertz CT molecular complexity index is 609. The summed E-state index contributed by atoms with van der Waals surface area (Å²) < 4.78 is 40.1. The maximum Gasteiger partial charge on any atom is 0.196 e. The number of pyridine rings is 1. The Hall–Kier alpha value is -1.62. The molecule has 0 saturated heterocycles. The van der Waals surface area contributed by atoms with Gasteiger partial charge in [-0.05, 0) is 38.0 Å². The summed E-state index contributed by atoms with van der Waals surface area (Å²) in [7, 11) is 0. The Morgan fingerprint density at radius 3 is 2.50 bits per heavy atom. The van der Waals surface area contributed by atoms with Gasteiger partial charge >= 0.3 is 0 Å². The lowest BCUT2D eigenvalue weighted by Crippen LogP contribution is -2.18. The van der Waals surface area contributed by atoms with E-state index in [-0.39, 0.29) is 16.9 Å². The predicted octanol–water partition coefficient (Wildman–Crippen LogP) is 2.85. The third-order valence-electron chi connectivity index (χ3n) is 2.70. The number of halogens is 3. The molecule has 1 atom stereocenters. The van der Waals surface area contributed by atoms with Gasteiger partial charge < -0.3 is 5.73 Å². The molecule has 0 bridgehead atoms. The fourth-order valence-corrected chi connectivity index (χ4v) is 1.99. The van der Waals surface area contributed by atoms with Crippen LogP contribution in [0.25, 0.3) is 10.9 Å². The molecule has 2 rings (SSSR count). The number of hydrogen-bond donors (Lipinski definition) is 1. The molecular formula is C13H13F3N2. The molecule has 1 aromatic carbocycles. The zero-order valence-corrected chi connectivity index (χ0v) is 10.1. The average molecular weight is 254 g/mol. The van der Waals surface area contributed by atoms with E-state index in [1.165, 1.54) is 0 Å². The molecule has 0 fully saturated rings. The van der Waals surface area contributed by atoms with Gasteiger partial charge in [0.2, 0.25) is 0 Å². The van der Waals surface area contributed by atoms with Crippen LogP contribution >= 0.6 is 0 Å². The van der Waals surface area contributed by atoms with Crippen molar-refractivity contribution in [2.75, 3.05) is 0 Å². The van der Waals surface area contributed by atoms with Crippen molar-refractivity contribution in [1.82, 2.24) is 4.98 Å². The van der Waals surface area contributed by atoms with E-state index >= 15 is 0 Å². The first-order chi connectivity index (χ1) is 8.40. The lowest BCUT2D eigenvalue weighted by atomic mass is 10.0. The van der Waals surface area contributed by atoms with Gasteiger partial charge in [-0.2, -0.15) is 0 Å². The van der Waals surface area contributed by atoms with E-state index in [1.807, 2.05) is 0 Å². The van der Waals surface area contributed by atoms with Crippen LogP contribution in [0, 0.1) is 24.4 Å². The van der Waals surface area contributed by atoms with Crippen molar-refractivity contribution in [3.05, 3.63) is 40.8 Å². The summed E-state index contributed by atoms with van der Waals surface area (Å²) in [6, 6.07) is 2.52. The summed E-state index contributed by atoms with van der Waals surface area (Å²) >= 11 is 0. The Morgan fingerprint density at radius 2 is 1.89 bits per heavy atom. The molecule has 2 nitrogen and oxygen atoms in total. The molecule has 18 heavy (non-hydrogen) atoms. The van der Waals surface area contributed by atoms with E-state index in [9.17, 15) is 13.2 Å². The smallest absolute Gasteiger partial charge is 0.196 e. The fraction of sp³-hybridized carbons (Fsp3) is 0.308. The maximum absolute atomic E-state index is 13.6. The number of rotatable bonds is 2. The zero-order chi connectivity index (χ0) is 13.4. The Labute approximate surface area is 103 Å². The summed E-state index contributed by atoms with van der Waals surface area (Å²) in [5, 5.41) is 0.273. The first-order valence-corrected chi connectivity index (χ1v) is 5.59. The van der Waals surface area contributed by atoms with Crippen LogP contribution in [0.1, 0.15) is 18.2 Å². The minimum Gasteiger partial charge on any atom is -0.328 e. The van der Waals surface area contributed by atoms with Gasteiger partial charge in [-0.1, -0.05) is 0 Å². The van der Waals surface area contributed by atoms with Crippen molar-refractivity contribution in [2.45, 2.75) is 26.3 Å². The van der Waals surface area contributed by atoms with E-state index in [0.717, 1.165) is 6.07 Å². The average Bonchev–Trinajstić information content (AvgIpc) is 2.27. The maximum atomic E-state index is 13.6. The highest BCUT2D eigenvalue weighted by Gasteiger charge is 2.17. The van der Waals surface area contributed by atoms with Crippen molar-refractivity contribution in [1.29, 1.82) is 0 Å². The lowest BCUT2D eigenvalue weighted by molar-refractivity contribution is 0.452. The van der Waals surface area contributed by atoms with Gasteiger partial charge in [0.1, 0.15) is 5.52 Å². The SMILES string of the molecule is Cc1cc(CC(C)N)c2cc(F)c(F)c(F)c2n1. The van der Waals surface area contributed by atoms with Crippen LogP contribution in [0.2, 0.25) is 0 Å². The first kappa shape index (κ1) is 12.8. The van der Waals surface area contributed by atoms with Crippen molar-refractivity contribution in [3.63, 3.8) is 0 Å². The number of hydrogen-bond acceptors (Lipinski definition) is 2. The minimum absolute atomic E-state index is 0.149. The molecule has 96 valence electrons. The monoisotopic (exact) mass is 254 g/mol. The molecule has 1 aromatic heterocycles. The third kappa shape index (κ3) is 2.18. The van der Waals surface area contributed by atoms with Gasteiger partial charge in [0.15, 0.2) is 17.5 Å². The minimum atomic E-state index is -1.49. The van der Waals surface area contributed by atoms with Crippen LogP contribution < -0.4 is 5.73 Å². The van der Waals surface area contributed by atoms with Crippen LogP contribution in [0.4, 0.5) is 13.2 Å². The summed E-state index contributed by atoms with van der Waals surface area (Å²) in [4.78, 5) is 3.92. The first-order valence-electron chi connectivity index (χ1n) is 5.59. The third-order valence-corrected chi connectivity index (χ3v) is 2.70. The van der Waals surface area contributed by atoms with Gasteiger partial charge in [-0.25, -0.2) is 18.2 Å². The van der Waals surface area contributed by atoms with E-state index < -0.39 is 17.5 Å². The van der Waals surface area contributed by atoms with Gasteiger partial charge in [-0.15, -0.1) is 0 Å². The van der Waals surface area contributed by atoms with E-state index in [4.69, 9.17) is 5.73 Å². The Kier molecular flexibility index (Phi) is 3.26. The quantitative estimate of drug-likeness (QED) is 0.837. The predicted molar refractivity (Wildman–Crippen MR) is 63.7 cm³/mol. The van der Waals surface area contributed by atoms with Crippen LogP contribution in [0.3, 0.4) is 0 Å². The molecule has 1 unspecified atom stereocenters. The van der Waals surface area contributed by atoms with Crippen molar-refractivity contribution >= 4 is 10.9 Å². The van der Waals surface area contributed by atoms with E-state index in [1.54, 1.807) is 19.9 Å². The normalized spacial score (nSPS) is 13.0. The number of aromatic nitrogens is 1. The molecule has 0 amide bonds. The number of aryl methyl sites for hydroxylation is 1. The Morgan fingerprint density at radius 1 is 1.22 bits per heavy atom. The van der Waals surface area contributed by atoms with Gasteiger partial charge in [0.25, 0.3) is 0 Å². The number of fused-ring (bicyclic) bond motifs is 1. The van der Waals surface area contributed by atoms with Crippen LogP contribution in [0.15, 0.2) is 12.1 Å². The highest BCUT2D eigenvalue weighted by atomic mass is 19.2. The molecule has 0 spiro atoms. The summed E-state index contributed by atoms with van der Waals surface area (Å²) in [6.07, 6.45) is 0.449. The van der Waals surface area contributed by atoms with Crippen LogP contribution in [-0.4, -0.2) is 11.0 Å². The molecular weight excluding hydrogens is 241 g/mol. The second kappa shape index (κ2) is 4.57. The Balaban J connectivity index is 2.79. The number of nitrogens with two attached hydrogens (primary N) is 1. The van der Waals surface area contributed by atoms with Crippen LogP contribution in [0.5, 0.6) is 0 Å². The lowest BCUT2D eigenvalue weighted by Gasteiger charge is -2.11. The molecule has 1 heterocycles. The number of benzene rings is 1. The van der Waals surface area contributed by atoms with Crippen LogP contribution in [-0.2, 0) is 6.42 Å². The molecule has 2 N–H and O–H groups in total. The summed E-state index contributed by atoms with van der Waals surface area (Å²) in [5.74, 6) is -3.96. The van der Waals surface area contributed by atoms with Crippen molar-refractivity contribution in [2.24, 2.45) is 5.73 Å². The molecule has 0 aliphatic carbocycles. The van der Waals surface area contributed by atoms with E-state index in [0.29, 0.717) is 17.7 Å². The van der Waals surface area contributed by atoms with E-state index in [2.05, 4.69) is 4.98 Å². The summed E-state index contributed by atoms with van der Waals surface area (Å²) in [5.41, 5.74) is 6.76. The van der Waals surface area contributed by atoms with Crippen molar-refractivity contribution < 1.29 is 13.2 Å². The molecule has 0 saturated carbocycles. The number of nitrogens with zero attached hydrogens (tertiary/aromatic N) is 1. The standard InChI is InChI=1S/C13H13F3N2/c1-6(17)3-8-4-7(2)18-13-9(8)5-10(14)11(15)12(13)16/h4-6H,3,17H2,1-2H3. The molecule has 0 radical (unpaired) electrons. The highest BCUT2D eigenvalue weighted by molar-refractivity contribution is 5.83.